The molecule has 0 spiro atoms. The number of unbranched alkanes of at least 4 members (excludes halogenated alkanes) is 7. The summed E-state index contributed by atoms with van der Waals surface area (Å²) in [6.45, 7) is 8.80. The molecule has 0 radical (unpaired) electrons. The summed E-state index contributed by atoms with van der Waals surface area (Å²) < 4.78 is 17.4. The normalized spacial score (nSPS) is 11.5. The minimum Gasteiger partial charge on any atom is -0.494 e. The van der Waals surface area contributed by atoms with Gasteiger partial charge in [0.1, 0.15) is 17.2 Å². The van der Waals surface area contributed by atoms with Crippen molar-refractivity contribution in [3.05, 3.63) is 91.0 Å². The summed E-state index contributed by atoms with van der Waals surface area (Å²) in [6, 6.07) is 22.8. The van der Waals surface area contributed by atoms with E-state index in [2.05, 4.69) is 32.6 Å². The number of benzene rings is 3. The van der Waals surface area contributed by atoms with Gasteiger partial charge in [0.05, 0.1) is 18.3 Å². The van der Waals surface area contributed by atoms with Gasteiger partial charge in [-0.2, -0.15) is 0 Å². The van der Waals surface area contributed by atoms with Gasteiger partial charge < -0.3 is 14.2 Å². The second-order valence-corrected chi connectivity index (χ2v) is 10.1. The molecule has 0 aliphatic heterocycles. The lowest BCUT2D eigenvalue weighted by Gasteiger charge is -2.15. The number of carbonyl (C=O) groups is 1. The van der Waals surface area contributed by atoms with Crippen molar-refractivity contribution < 1.29 is 19.0 Å². The van der Waals surface area contributed by atoms with E-state index in [0.29, 0.717) is 17.9 Å². The third-order valence-electron chi connectivity index (χ3n) is 6.72. The van der Waals surface area contributed by atoms with Gasteiger partial charge in [0.2, 0.25) is 0 Å². The van der Waals surface area contributed by atoms with Crippen LogP contribution in [0.25, 0.3) is 11.1 Å². The molecule has 0 saturated heterocycles. The molecule has 0 heterocycles. The smallest absolute Gasteiger partial charge is 0.343 e. The second kappa shape index (κ2) is 17.1. The summed E-state index contributed by atoms with van der Waals surface area (Å²) in [5, 5.41) is 0. The standard InChI is InChI=1S/C35H44O4/c1-4-6-8-10-11-13-27-37-32-23-25-34(26-24-32)39-35(36)31-17-15-29(16-18-31)30-19-21-33(22-20-30)38-28(3)14-12-9-7-5-2/h4,15-26,28H,1,5-14,27H2,2-3H3/t28-/m0/s1. The molecule has 3 aromatic rings. The van der Waals surface area contributed by atoms with Gasteiger partial charge in [-0.05, 0) is 98.7 Å². The molecule has 0 fully saturated rings. The maximum Gasteiger partial charge on any atom is 0.343 e. The Morgan fingerprint density at radius 1 is 0.744 bits per heavy atom. The SMILES string of the molecule is C=CCCCCCCOc1ccc(OC(=O)c2ccc(-c3ccc(O[C@@H](C)CCCCCC)cc3)cc2)cc1. The van der Waals surface area contributed by atoms with Gasteiger partial charge in [0.25, 0.3) is 0 Å². The average molecular weight is 529 g/mol. The number of carbonyl (C=O) groups excluding carboxylic acids is 1. The van der Waals surface area contributed by atoms with Crippen LogP contribution in [-0.2, 0) is 0 Å². The lowest BCUT2D eigenvalue weighted by atomic mass is 10.0. The fourth-order valence-electron chi connectivity index (χ4n) is 4.38. The van der Waals surface area contributed by atoms with E-state index in [4.69, 9.17) is 14.2 Å². The van der Waals surface area contributed by atoms with Crippen LogP contribution >= 0.6 is 0 Å². The Balaban J connectivity index is 1.43. The summed E-state index contributed by atoms with van der Waals surface area (Å²) in [4.78, 5) is 12.6. The highest BCUT2D eigenvalue weighted by Crippen LogP contribution is 2.25. The van der Waals surface area contributed by atoms with Crippen LogP contribution in [0, 0.1) is 0 Å². The molecule has 0 aliphatic rings. The van der Waals surface area contributed by atoms with Crippen LogP contribution in [-0.4, -0.2) is 18.7 Å². The summed E-state index contributed by atoms with van der Waals surface area (Å²) >= 11 is 0. The van der Waals surface area contributed by atoms with Gasteiger partial charge >= 0.3 is 5.97 Å². The summed E-state index contributed by atoms with van der Waals surface area (Å²) in [5.74, 6) is 1.78. The Kier molecular flexibility index (Phi) is 13.2. The molecular formula is C35H44O4. The van der Waals surface area contributed by atoms with Gasteiger partial charge in [-0.25, -0.2) is 4.79 Å². The van der Waals surface area contributed by atoms with Gasteiger partial charge in [-0.15, -0.1) is 6.58 Å². The molecule has 39 heavy (non-hydrogen) atoms. The molecule has 0 bridgehead atoms. The van der Waals surface area contributed by atoms with Crippen molar-refractivity contribution >= 4 is 5.97 Å². The molecule has 0 aliphatic carbocycles. The van der Waals surface area contributed by atoms with E-state index in [0.717, 1.165) is 48.3 Å². The van der Waals surface area contributed by atoms with Crippen molar-refractivity contribution in [1.82, 2.24) is 0 Å². The number of esters is 1. The third-order valence-corrected chi connectivity index (χ3v) is 6.72. The molecule has 0 unspecified atom stereocenters. The highest BCUT2D eigenvalue weighted by molar-refractivity contribution is 5.91. The first-order valence-electron chi connectivity index (χ1n) is 14.5. The van der Waals surface area contributed by atoms with Gasteiger partial charge in [0, 0.05) is 0 Å². The summed E-state index contributed by atoms with van der Waals surface area (Å²) in [5.41, 5.74) is 2.62. The van der Waals surface area contributed by atoms with Crippen molar-refractivity contribution in [3.8, 4) is 28.4 Å². The van der Waals surface area contributed by atoms with Gasteiger partial charge in [-0.3, -0.25) is 0 Å². The van der Waals surface area contributed by atoms with Gasteiger partial charge in [0.15, 0.2) is 0 Å². The molecule has 0 saturated carbocycles. The first-order chi connectivity index (χ1) is 19.1. The van der Waals surface area contributed by atoms with Crippen molar-refractivity contribution in [2.24, 2.45) is 0 Å². The molecule has 4 nitrogen and oxygen atoms in total. The van der Waals surface area contributed by atoms with Crippen LogP contribution in [0.5, 0.6) is 17.2 Å². The molecule has 0 N–H and O–H groups in total. The largest absolute Gasteiger partial charge is 0.494 e. The lowest BCUT2D eigenvalue weighted by Crippen LogP contribution is -2.11. The average Bonchev–Trinajstić information content (AvgIpc) is 2.96. The van der Waals surface area contributed by atoms with Crippen LogP contribution in [0.2, 0.25) is 0 Å². The first kappa shape index (κ1) is 30.0. The van der Waals surface area contributed by atoms with Crippen LogP contribution < -0.4 is 14.2 Å². The third kappa shape index (κ3) is 11.0. The second-order valence-electron chi connectivity index (χ2n) is 10.1. The highest BCUT2D eigenvalue weighted by Gasteiger charge is 2.10. The number of allylic oxidation sites excluding steroid dienone is 1. The number of hydrogen-bond donors (Lipinski definition) is 0. The van der Waals surface area contributed by atoms with E-state index in [9.17, 15) is 4.79 Å². The van der Waals surface area contributed by atoms with E-state index in [1.807, 2.05) is 42.5 Å². The van der Waals surface area contributed by atoms with Crippen molar-refractivity contribution in [2.45, 2.75) is 84.2 Å². The molecule has 208 valence electrons. The zero-order valence-corrected chi connectivity index (χ0v) is 23.7. The highest BCUT2D eigenvalue weighted by atomic mass is 16.5. The van der Waals surface area contributed by atoms with Gasteiger partial charge in [-0.1, -0.05) is 69.4 Å². The first-order valence-corrected chi connectivity index (χ1v) is 14.5. The van der Waals surface area contributed by atoms with Crippen LogP contribution in [0.4, 0.5) is 0 Å². The Morgan fingerprint density at radius 3 is 2.00 bits per heavy atom. The molecular weight excluding hydrogens is 484 g/mol. The number of rotatable bonds is 18. The predicted molar refractivity (Wildman–Crippen MR) is 161 cm³/mol. The van der Waals surface area contributed by atoms with Crippen molar-refractivity contribution in [2.75, 3.05) is 6.61 Å². The molecule has 0 amide bonds. The fourth-order valence-corrected chi connectivity index (χ4v) is 4.38. The fraction of sp³-hybridized carbons (Fsp3) is 0.400. The number of ether oxygens (including phenoxy) is 3. The minimum absolute atomic E-state index is 0.212. The van der Waals surface area contributed by atoms with E-state index in [1.54, 1.807) is 24.3 Å². The number of hydrogen-bond acceptors (Lipinski definition) is 4. The predicted octanol–water partition coefficient (Wildman–Crippen LogP) is 9.83. The Hall–Kier alpha value is -3.53. The van der Waals surface area contributed by atoms with E-state index >= 15 is 0 Å². The van der Waals surface area contributed by atoms with E-state index in [-0.39, 0.29) is 12.1 Å². The molecule has 3 rings (SSSR count). The molecule has 3 aromatic carbocycles. The van der Waals surface area contributed by atoms with Crippen molar-refractivity contribution in [1.29, 1.82) is 0 Å². The Bertz CT molecular complexity index is 1100. The lowest BCUT2D eigenvalue weighted by molar-refractivity contribution is 0.0734. The van der Waals surface area contributed by atoms with Crippen LogP contribution in [0.3, 0.4) is 0 Å². The van der Waals surface area contributed by atoms with E-state index in [1.165, 1.54) is 38.5 Å². The quantitative estimate of drug-likeness (QED) is 0.0713. The van der Waals surface area contributed by atoms with Crippen molar-refractivity contribution in [3.63, 3.8) is 0 Å². The monoisotopic (exact) mass is 528 g/mol. The maximum absolute atomic E-state index is 12.6. The summed E-state index contributed by atoms with van der Waals surface area (Å²) in [7, 11) is 0. The molecule has 4 heteroatoms. The minimum atomic E-state index is -0.383. The molecule has 1 atom stereocenters. The maximum atomic E-state index is 12.6. The zero-order chi connectivity index (χ0) is 27.7. The van der Waals surface area contributed by atoms with Crippen LogP contribution in [0.1, 0.15) is 88.4 Å². The summed E-state index contributed by atoms with van der Waals surface area (Å²) in [6.07, 6.45) is 13.9. The Labute approximate surface area is 235 Å². The van der Waals surface area contributed by atoms with E-state index < -0.39 is 0 Å². The zero-order valence-electron chi connectivity index (χ0n) is 23.7. The Morgan fingerprint density at radius 2 is 1.33 bits per heavy atom. The van der Waals surface area contributed by atoms with Crippen LogP contribution in [0.15, 0.2) is 85.5 Å². The topological polar surface area (TPSA) is 44.8 Å². The molecule has 0 aromatic heterocycles.